The first kappa shape index (κ1) is 15.5. The molecule has 1 aliphatic carbocycles. The summed E-state index contributed by atoms with van der Waals surface area (Å²) in [6, 6.07) is 7.22. The van der Waals surface area contributed by atoms with Crippen molar-refractivity contribution in [1.29, 1.82) is 0 Å². The molecule has 0 heterocycles. The molecule has 2 nitrogen and oxygen atoms in total. The van der Waals surface area contributed by atoms with Gasteiger partial charge in [0.05, 0.1) is 0 Å². The third-order valence-electron chi connectivity index (χ3n) is 4.35. The molecule has 3 unspecified atom stereocenters. The second kappa shape index (κ2) is 7.19. The normalized spacial score (nSPS) is 23.1. The fourth-order valence-electron chi connectivity index (χ4n) is 2.87. The molecule has 0 aliphatic heterocycles. The van der Waals surface area contributed by atoms with Crippen molar-refractivity contribution in [3.05, 3.63) is 35.6 Å². The maximum Gasteiger partial charge on any atom is 0.127 e. The highest BCUT2D eigenvalue weighted by atomic mass is 19.1. The summed E-state index contributed by atoms with van der Waals surface area (Å²) in [5, 5.41) is 3.41. The third kappa shape index (κ3) is 4.29. The van der Waals surface area contributed by atoms with Gasteiger partial charge in [0.2, 0.25) is 0 Å². The van der Waals surface area contributed by atoms with Gasteiger partial charge in [-0.15, -0.1) is 0 Å². The van der Waals surface area contributed by atoms with Crippen LogP contribution in [0, 0.1) is 17.7 Å². The molecule has 0 amide bonds. The first-order valence-corrected chi connectivity index (χ1v) is 7.78. The van der Waals surface area contributed by atoms with E-state index in [-0.39, 0.29) is 11.9 Å². The van der Waals surface area contributed by atoms with Crippen molar-refractivity contribution in [3.8, 4) is 0 Å². The first-order chi connectivity index (χ1) is 9.61. The standard InChI is InChI=1S/C17H27FN2/c1-4-19-17(15-7-5-6-8-16(15)18)9-10-20(3)12-14-11-13(14)2/h5-8,13-14,17,19H,4,9-12H2,1-3H3. The van der Waals surface area contributed by atoms with Crippen LogP contribution in [0.3, 0.4) is 0 Å². The average Bonchev–Trinajstić information content (AvgIpc) is 3.11. The van der Waals surface area contributed by atoms with E-state index < -0.39 is 0 Å². The van der Waals surface area contributed by atoms with Crippen molar-refractivity contribution in [2.75, 3.05) is 26.7 Å². The number of benzene rings is 1. The number of hydrogen-bond acceptors (Lipinski definition) is 2. The Labute approximate surface area is 122 Å². The summed E-state index contributed by atoms with van der Waals surface area (Å²) in [5.41, 5.74) is 0.794. The predicted octanol–water partition coefficient (Wildman–Crippen LogP) is 3.45. The molecule has 1 fully saturated rings. The lowest BCUT2D eigenvalue weighted by molar-refractivity contribution is 0.291. The quantitative estimate of drug-likeness (QED) is 0.783. The van der Waals surface area contributed by atoms with Crippen molar-refractivity contribution >= 4 is 0 Å². The zero-order valence-electron chi connectivity index (χ0n) is 12.9. The van der Waals surface area contributed by atoms with Crippen LogP contribution in [0.1, 0.15) is 38.3 Å². The summed E-state index contributed by atoms with van der Waals surface area (Å²) < 4.78 is 13.9. The number of hydrogen-bond donors (Lipinski definition) is 1. The van der Waals surface area contributed by atoms with Crippen LogP contribution in [0.25, 0.3) is 0 Å². The SMILES string of the molecule is CCNC(CCN(C)CC1CC1C)c1ccccc1F. The monoisotopic (exact) mass is 278 g/mol. The van der Waals surface area contributed by atoms with Gasteiger partial charge in [0, 0.05) is 18.2 Å². The van der Waals surface area contributed by atoms with Crippen LogP contribution < -0.4 is 5.32 Å². The minimum absolute atomic E-state index is 0.100. The topological polar surface area (TPSA) is 15.3 Å². The minimum Gasteiger partial charge on any atom is -0.310 e. The number of halogens is 1. The highest BCUT2D eigenvalue weighted by Crippen LogP contribution is 2.38. The van der Waals surface area contributed by atoms with E-state index in [4.69, 9.17) is 0 Å². The van der Waals surface area contributed by atoms with Crippen molar-refractivity contribution in [1.82, 2.24) is 10.2 Å². The summed E-state index contributed by atoms with van der Waals surface area (Å²) in [6.07, 6.45) is 2.32. The van der Waals surface area contributed by atoms with Gasteiger partial charge in [-0.3, -0.25) is 0 Å². The maximum atomic E-state index is 13.9. The van der Waals surface area contributed by atoms with Gasteiger partial charge in [0.15, 0.2) is 0 Å². The van der Waals surface area contributed by atoms with Gasteiger partial charge in [-0.25, -0.2) is 4.39 Å². The predicted molar refractivity (Wildman–Crippen MR) is 82.2 cm³/mol. The van der Waals surface area contributed by atoms with Crippen LogP contribution in [0.4, 0.5) is 4.39 Å². The van der Waals surface area contributed by atoms with Crippen molar-refractivity contribution in [2.24, 2.45) is 11.8 Å². The summed E-state index contributed by atoms with van der Waals surface area (Å²) in [6.45, 7) is 7.44. The van der Waals surface area contributed by atoms with E-state index in [1.165, 1.54) is 13.0 Å². The van der Waals surface area contributed by atoms with Gasteiger partial charge >= 0.3 is 0 Å². The molecule has 1 saturated carbocycles. The summed E-state index contributed by atoms with van der Waals surface area (Å²) in [4.78, 5) is 2.39. The summed E-state index contributed by atoms with van der Waals surface area (Å²) in [7, 11) is 2.18. The van der Waals surface area contributed by atoms with Gasteiger partial charge in [0.25, 0.3) is 0 Å². The largest absolute Gasteiger partial charge is 0.310 e. The van der Waals surface area contributed by atoms with Gasteiger partial charge in [-0.05, 0) is 50.9 Å². The van der Waals surface area contributed by atoms with E-state index in [0.29, 0.717) is 0 Å². The van der Waals surface area contributed by atoms with E-state index >= 15 is 0 Å². The fourth-order valence-corrected chi connectivity index (χ4v) is 2.87. The molecule has 0 spiro atoms. The highest BCUT2D eigenvalue weighted by Gasteiger charge is 2.33. The van der Waals surface area contributed by atoms with Crippen LogP contribution >= 0.6 is 0 Å². The van der Waals surface area contributed by atoms with Crippen LogP contribution in [-0.4, -0.2) is 31.6 Å². The van der Waals surface area contributed by atoms with Crippen LogP contribution in [0.5, 0.6) is 0 Å². The van der Waals surface area contributed by atoms with Crippen LogP contribution in [0.2, 0.25) is 0 Å². The fraction of sp³-hybridized carbons (Fsp3) is 0.647. The highest BCUT2D eigenvalue weighted by molar-refractivity contribution is 5.21. The summed E-state index contributed by atoms with van der Waals surface area (Å²) >= 11 is 0. The van der Waals surface area contributed by atoms with Gasteiger partial charge in [-0.1, -0.05) is 32.0 Å². The van der Waals surface area contributed by atoms with Gasteiger partial charge in [0.1, 0.15) is 5.82 Å². The second-order valence-electron chi connectivity index (χ2n) is 6.16. The molecule has 0 aromatic heterocycles. The number of nitrogens with one attached hydrogen (secondary N) is 1. The molecule has 1 aromatic rings. The molecule has 0 radical (unpaired) electrons. The van der Waals surface area contributed by atoms with E-state index in [1.54, 1.807) is 12.1 Å². The van der Waals surface area contributed by atoms with E-state index in [1.807, 2.05) is 12.1 Å². The molecule has 0 saturated heterocycles. The Morgan fingerprint density at radius 2 is 2.10 bits per heavy atom. The zero-order chi connectivity index (χ0) is 14.5. The van der Waals surface area contributed by atoms with E-state index in [2.05, 4.69) is 31.1 Å². The molecular formula is C17H27FN2. The lowest BCUT2D eigenvalue weighted by Crippen LogP contribution is -2.29. The molecule has 1 N–H and O–H groups in total. The van der Waals surface area contributed by atoms with Crippen molar-refractivity contribution < 1.29 is 4.39 Å². The molecular weight excluding hydrogens is 251 g/mol. The lowest BCUT2D eigenvalue weighted by Gasteiger charge is -2.23. The Hall–Kier alpha value is -0.930. The molecule has 2 rings (SSSR count). The van der Waals surface area contributed by atoms with Crippen LogP contribution in [0.15, 0.2) is 24.3 Å². The zero-order valence-corrected chi connectivity index (χ0v) is 12.9. The summed E-state index contributed by atoms with van der Waals surface area (Å²) in [5.74, 6) is 1.68. The molecule has 3 heteroatoms. The molecule has 112 valence electrons. The number of nitrogens with zero attached hydrogens (tertiary/aromatic N) is 1. The molecule has 1 aromatic carbocycles. The lowest BCUT2D eigenvalue weighted by atomic mass is 10.0. The Kier molecular flexibility index (Phi) is 5.55. The molecule has 20 heavy (non-hydrogen) atoms. The Bertz CT molecular complexity index is 421. The Morgan fingerprint density at radius 1 is 1.40 bits per heavy atom. The number of rotatable bonds is 8. The van der Waals surface area contributed by atoms with Crippen LogP contribution in [-0.2, 0) is 0 Å². The van der Waals surface area contributed by atoms with Gasteiger partial charge < -0.3 is 10.2 Å². The first-order valence-electron chi connectivity index (χ1n) is 7.78. The Balaban J connectivity index is 1.87. The molecule has 3 atom stereocenters. The molecule has 1 aliphatic rings. The molecule has 0 bridgehead atoms. The smallest absolute Gasteiger partial charge is 0.127 e. The van der Waals surface area contributed by atoms with Crippen molar-refractivity contribution in [3.63, 3.8) is 0 Å². The third-order valence-corrected chi connectivity index (χ3v) is 4.35. The maximum absolute atomic E-state index is 13.9. The Morgan fingerprint density at radius 3 is 2.70 bits per heavy atom. The van der Waals surface area contributed by atoms with Gasteiger partial charge in [-0.2, -0.15) is 0 Å². The second-order valence-corrected chi connectivity index (χ2v) is 6.16. The van der Waals surface area contributed by atoms with Crippen molar-refractivity contribution in [2.45, 2.75) is 32.7 Å². The average molecular weight is 278 g/mol. The minimum atomic E-state index is -0.100. The van der Waals surface area contributed by atoms with E-state index in [9.17, 15) is 4.39 Å². The van der Waals surface area contributed by atoms with E-state index in [0.717, 1.165) is 36.9 Å².